The first-order chi connectivity index (χ1) is 18.7. The van der Waals surface area contributed by atoms with Crippen LogP contribution in [-0.2, 0) is 21.4 Å². The maximum Gasteiger partial charge on any atom is 0.246 e. The summed E-state index contributed by atoms with van der Waals surface area (Å²) in [7, 11) is -4.03. The van der Waals surface area contributed by atoms with Crippen LogP contribution < -0.4 is 10.5 Å². The fourth-order valence-corrected chi connectivity index (χ4v) is 5.87. The summed E-state index contributed by atoms with van der Waals surface area (Å²) in [4.78, 5) is 22.2. The molecule has 1 aliphatic rings. The van der Waals surface area contributed by atoms with Gasteiger partial charge in [0, 0.05) is 25.2 Å². The van der Waals surface area contributed by atoms with Crippen molar-refractivity contribution in [2.45, 2.75) is 37.2 Å². The molecule has 4 aromatic rings. The van der Waals surface area contributed by atoms with Crippen LogP contribution in [0.1, 0.15) is 30.0 Å². The summed E-state index contributed by atoms with van der Waals surface area (Å²) in [6.45, 7) is 6.39. The minimum atomic E-state index is -4.03. The molecular weight excluding hydrogens is 521 g/mol. The molecule has 1 fully saturated rings. The molecule has 0 bridgehead atoms. The Bertz CT molecular complexity index is 1670. The van der Waals surface area contributed by atoms with Crippen molar-refractivity contribution in [3.8, 4) is 11.3 Å². The summed E-state index contributed by atoms with van der Waals surface area (Å²) in [5.74, 6) is -0.634. The maximum atomic E-state index is 14.2. The Labute approximate surface area is 225 Å². The fraction of sp³-hybridized carbons (Fsp3) is 0.259. The van der Waals surface area contributed by atoms with Crippen molar-refractivity contribution in [3.63, 3.8) is 0 Å². The monoisotopic (exact) mass is 549 g/mol. The summed E-state index contributed by atoms with van der Waals surface area (Å²) in [5.41, 5.74) is 9.46. The van der Waals surface area contributed by atoms with Crippen molar-refractivity contribution in [2.24, 2.45) is 0 Å². The second kappa shape index (κ2) is 10.5. The van der Waals surface area contributed by atoms with Gasteiger partial charge in [-0.1, -0.05) is 36.9 Å². The second-order valence-corrected chi connectivity index (χ2v) is 11.2. The van der Waals surface area contributed by atoms with E-state index in [0.29, 0.717) is 40.9 Å². The number of nitrogens with two attached hydrogens (primary N) is 1. The zero-order chi connectivity index (χ0) is 27.7. The third-order valence-corrected chi connectivity index (χ3v) is 8.25. The number of piperidine rings is 1. The Morgan fingerprint density at radius 3 is 2.72 bits per heavy atom. The van der Waals surface area contributed by atoms with Crippen LogP contribution >= 0.6 is 0 Å². The standard InChI is InChI=1S/C27H28FN7O3S/c1-3-23(36)34-12-4-5-20(15-34)35-27-24(26(29)30-16-31-27)25(33-35)19-9-7-18(8-10-19)14-32-39(37,38)22-11-6-17(2)13-21(22)28/h3,6-11,13,16,20,32H,1,4-5,12,14-15H2,2H3,(H2,29,30,31). The Balaban J connectivity index is 1.41. The van der Waals surface area contributed by atoms with E-state index in [4.69, 9.17) is 10.8 Å². The lowest BCUT2D eigenvalue weighted by molar-refractivity contribution is -0.127. The third kappa shape index (κ3) is 5.25. The van der Waals surface area contributed by atoms with Gasteiger partial charge >= 0.3 is 0 Å². The number of aromatic nitrogens is 4. The molecule has 2 aromatic carbocycles. The molecule has 39 heavy (non-hydrogen) atoms. The lowest BCUT2D eigenvalue weighted by Crippen LogP contribution is -2.40. The summed E-state index contributed by atoms with van der Waals surface area (Å²) in [6.07, 6.45) is 4.34. The lowest BCUT2D eigenvalue weighted by Gasteiger charge is -2.32. The number of carbonyl (C=O) groups is 1. The van der Waals surface area contributed by atoms with Crippen LogP contribution in [0.15, 0.2) is 66.3 Å². The highest BCUT2D eigenvalue weighted by molar-refractivity contribution is 7.89. The van der Waals surface area contributed by atoms with E-state index in [9.17, 15) is 17.6 Å². The second-order valence-electron chi connectivity index (χ2n) is 9.49. The van der Waals surface area contributed by atoms with E-state index >= 15 is 0 Å². The van der Waals surface area contributed by atoms with Crippen molar-refractivity contribution in [1.29, 1.82) is 0 Å². The molecule has 12 heteroatoms. The molecule has 1 unspecified atom stereocenters. The number of nitrogen functional groups attached to an aromatic ring is 1. The summed E-state index contributed by atoms with van der Waals surface area (Å²) in [5, 5.41) is 5.46. The zero-order valence-electron chi connectivity index (χ0n) is 21.3. The van der Waals surface area contributed by atoms with Gasteiger partial charge in [0.05, 0.1) is 11.4 Å². The van der Waals surface area contributed by atoms with Crippen LogP contribution in [0.2, 0.25) is 0 Å². The first-order valence-corrected chi connectivity index (χ1v) is 13.9. The van der Waals surface area contributed by atoms with Gasteiger partial charge in [0.15, 0.2) is 5.65 Å². The number of fused-ring (bicyclic) bond motifs is 1. The molecule has 2 aromatic heterocycles. The van der Waals surface area contributed by atoms with Gasteiger partial charge in [0.25, 0.3) is 0 Å². The number of halogens is 1. The van der Waals surface area contributed by atoms with Gasteiger partial charge in [-0.15, -0.1) is 0 Å². The first-order valence-electron chi connectivity index (χ1n) is 12.4. The minimum absolute atomic E-state index is 0.0222. The molecule has 1 amide bonds. The summed E-state index contributed by atoms with van der Waals surface area (Å²) >= 11 is 0. The van der Waals surface area contributed by atoms with Gasteiger partial charge in [-0.2, -0.15) is 5.10 Å². The SMILES string of the molecule is C=CC(=O)N1CCCC(n2nc(-c3ccc(CNS(=O)(=O)c4ccc(C)cc4F)cc3)c3c(N)ncnc32)C1. The fourth-order valence-electron chi connectivity index (χ4n) is 4.80. The molecule has 0 spiro atoms. The molecule has 3 N–H and O–H groups in total. The first kappa shape index (κ1) is 26.4. The average molecular weight is 550 g/mol. The number of sulfonamides is 1. The molecule has 0 radical (unpaired) electrons. The van der Waals surface area contributed by atoms with Crippen molar-refractivity contribution >= 4 is 32.8 Å². The van der Waals surface area contributed by atoms with E-state index in [-0.39, 0.29) is 24.3 Å². The molecule has 1 atom stereocenters. The van der Waals surface area contributed by atoms with Crippen molar-refractivity contribution in [3.05, 3.63) is 78.4 Å². The van der Waals surface area contributed by atoms with Crippen molar-refractivity contribution in [1.82, 2.24) is 29.4 Å². The average Bonchev–Trinajstić information content (AvgIpc) is 3.33. The molecule has 1 aliphatic heterocycles. The van der Waals surface area contributed by atoms with E-state index in [1.807, 2.05) is 16.8 Å². The van der Waals surface area contributed by atoms with Gasteiger partial charge < -0.3 is 10.6 Å². The van der Waals surface area contributed by atoms with E-state index in [1.165, 1.54) is 24.5 Å². The van der Waals surface area contributed by atoms with Gasteiger partial charge in [-0.25, -0.2) is 32.2 Å². The van der Waals surface area contributed by atoms with Crippen LogP contribution in [0, 0.1) is 12.7 Å². The molecule has 1 saturated heterocycles. The van der Waals surface area contributed by atoms with E-state index in [0.717, 1.165) is 18.4 Å². The molecule has 3 heterocycles. The zero-order valence-corrected chi connectivity index (χ0v) is 22.2. The normalized spacial score (nSPS) is 15.9. The molecule has 0 aliphatic carbocycles. The highest BCUT2D eigenvalue weighted by Gasteiger charge is 2.28. The minimum Gasteiger partial charge on any atom is -0.383 e. The number of hydrogen-bond donors (Lipinski definition) is 2. The number of carbonyl (C=O) groups excluding carboxylic acids is 1. The number of rotatable bonds is 7. The number of hydrogen-bond acceptors (Lipinski definition) is 7. The van der Waals surface area contributed by atoms with E-state index in [2.05, 4.69) is 21.3 Å². The van der Waals surface area contributed by atoms with Gasteiger partial charge in [-0.3, -0.25) is 4.79 Å². The topological polar surface area (TPSA) is 136 Å². The molecule has 0 saturated carbocycles. The molecule has 10 nitrogen and oxygen atoms in total. The number of nitrogens with one attached hydrogen (secondary N) is 1. The number of likely N-dealkylation sites (tertiary alicyclic amines) is 1. The number of amides is 1. The van der Waals surface area contributed by atoms with Crippen LogP contribution in [0.5, 0.6) is 0 Å². The summed E-state index contributed by atoms with van der Waals surface area (Å²) in [6, 6.07) is 11.0. The quantitative estimate of drug-likeness (QED) is 0.338. The smallest absolute Gasteiger partial charge is 0.246 e. The largest absolute Gasteiger partial charge is 0.383 e. The van der Waals surface area contributed by atoms with Crippen molar-refractivity contribution < 1.29 is 17.6 Å². The van der Waals surface area contributed by atoms with E-state index in [1.54, 1.807) is 30.0 Å². The van der Waals surface area contributed by atoms with Gasteiger partial charge in [0.2, 0.25) is 15.9 Å². The highest BCUT2D eigenvalue weighted by Crippen LogP contribution is 2.34. The Kier molecular flexibility index (Phi) is 7.15. The number of benzene rings is 2. The van der Waals surface area contributed by atoms with Crippen LogP contribution in [0.25, 0.3) is 22.3 Å². The summed E-state index contributed by atoms with van der Waals surface area (Å²) < 4.78 is 43.7. The molecular formula is C27H28FN7O3S. The third-order valence-electron chi connectivity index (χ3n) is 6.82. The lowest BCUT2D eigenvalue weighted by atomic mass is 10.1. The predicted octanol–water partition coefficient (Wildman–Crippen LogP) is 3.35. The predicted molar refractivity (Wildman–Crippen MR) is 145 cm³/mol. The van der Waals surface area contributed by atoms with Gasteiger partial charge in [0.1, 0.15) is 28.6 Å². The maximum absolute atomic E-state index is 14.2. The Hall–Kier alpha value is -4.16. The number of anilines is 1. The van der Waals surface area contributed by atoms with E-state index < -0.39 is 20.7 Å². The Morgan fingerprint density at radius 1 is 1.23 bits per heavy atom. The van der Waals surface area contributed by atoms with Crippen LogP contribution in [0.4, 0.5) is 10.2 Å². The van der Waals surface area contributed by atoms with Gasteiger partial charge in [-0.05, 0) is 49.1 Å². The molecule has 5 rings (SSSR count). The van der Waals surface area contributed by atoms with Crippen LogP contribution in [0.3, 0.4) is 0 Å². The number of nitrogens with zero attached hydrogens (tertiary/aromatic N) is 5. The van der Waals surface area contributed by atoms with Crippen molar-refractivity contribution in [2.75, 3.05) is 18.8 Å². The molecule has 202 valence electrons. The number of aryl methyl sites for hydroxylation is 1. The highest BCUT2D eigenvalue weighted by atomic mass is 32.2. The van der Waals surface area contributed by atoms with Crippen LogP contribution in [-0.4, -0.2) is 52.1 Å². The Morgan fingerprint density at radius 2 is 2.00 bits per heavy atom.